The van der Waals surface area contributed by atoms with Crippen LogP contribution in [-0.4, -0.2) is 92.7 Å². The third kappa shape index (κ3) is 5.03. The number of nitrogens with zero attached hydrogens (tertiary/aromatic N) is 3. The number of hydrogen-bond donors (Lipinski definition) is 0. The van der Waals surface area contributed by atoms with Gasteiger partial charge in [-0.3, -0.25) is 14.6 Å². The van der Waals surface area contributed by atoms with Gasteiger partial charge in [-0.2, -0.15) is 0 Å². The summed E-state index contributed by atoms with van der Waals surface area (Å²) in [5.74, 6) is -0.0991. The zero-order valence-electron chi connectivity index (χ0n) is 15.4. The van der Waals surface area contributed by atoms with E-state index in [0.717, 1.165) is 64.6 Å². The molecule has 1 aromatic rings. The lowest BCUT2D eigenvalue weighted by molar-refractivity contribution is -0.135. The summed E-state index contributed by atoms with van der Waals surface area (Å²) in [6, 6.07) is 7.51. The molecule has 0 unspecified atom stereocenters. The van der Waals surface area contributed by atoms with E-state index in [9.17, 15) is 9.59 Å². The van der Waals surface area contributed by atoms with Crippen molar-refractivity contribution in [2.45, 2.75) is 6.54 Å². The molecule has 0 N–H and O–H groups in total. The lowest BCUT2D eigenvalue weighted by Crippen LogP contribution is -2.51. The second kappa shape index (κ2) is 9.12. The van der Waals surface area contributed by atoms with Gasteiger partial charge in [0.05, 0.1) is 32.4 Å². The van der Waals surface area contributed by atoms with Crippen molar-refractivity contribution < 1.29 is 19.1 Å². The monoisotopic (exact) mass is 361 g/mol. The molecule has 0 saturated carbocycles. The second-order valence-electron chi connectivity index (χ2n) is 6.73. The third-order valence-corrected chi connectivity index (χ3v) is 4.97. The van der Waals surface area contributed by atoms with Crippen molar-refractivity contribution in [2.24, 2.45) is 0 Å². The molecule has 2 heterocycles. The number of rotatable bonds is 5. The predicted molar refractivity (Wildman–Crippen MR) is 96.9 cm³/mol. The molecule has 2 saturated heterocycles. The molecule has 0 aromatic heterocycles. The van der Waals surface area contributed by atoms with Gasteiger partial charge in [0.25, 0.3) is 0 Å². The zero-order chi connectivity index (χ0) is 18.4. The van der Waals surface area contributed by atoms with E-state index < -0.39 is 0 Å². The number of esters is 1. The van der Waals surface area contributed by atoms with E-state index in [0.29, 0.717) is 12.1 Å². The van der Waals surface area contributed by atoms with Gasteiger partial charge >= 0.3 is 5.97 Å². The van der Waals surface area contributed by atoms with Crippen LogP contribution in [0.2, 0.25) is 0 Å². The van der Waals surface area contributed by atoms with Crippen LogP contribution in [0.5, 0.6) is 0 Å². The van der Waals surface area contributed by atoms with Gasteiger partial charge in [-0.25, -0.2) is 4.79 Å². The summed E-state index contributed by atoms with van der Waals surface area (Å²) < 4.78 is 10.0. The van der Waals surface area contributed by atoms with Gasteiger partial charge in [-0.05, 0) is 17.7 Å². The lowest BCUT2D eigenvalue weighted by Gasteiger charge is -2.36. The third-order valence-electron chi connectivity index (χ3n) is 4.97. The molecular weight excluding hydrogens is 334 g/mol. The fourth-order valence-electron chi connectivity index (χ4n) is 3.33. The minimum Gasteiger partial charge on any atom is -0.465 e. The normalized spacial score (nSPS) is 19.3. The average molecular weight is 361 g/mol. The predicted octanol–water partition coefficient (Wildman–Crippen LogP) is 0.450. The van der Waals surface area contributed by atoms with Gasteiger partial charge in [-0.15, -0.1) is 0 Å². The number of ether oxygens (including phenoxy) is 2. The quantitative estimate of drug-likeness (QED) is 0.710. The molecule has 1 aromatic carbocycles. The molecule has 0 spiro atoms. The summed E-state index contributed by atoms with van der Waals surface area (Å²) in [5.41, 5.74) is 1.72. The van der Waals surface area contributed by atoms with Gasteiger partial charge in [0, 0.05) is 45.8 Å². The molecule has 1 amide bonds. The number of hydrogen-bond acceptors (Lipinski definition) is 6. The smallest absolute Gasteiger partial charge is 0.337 e. The fraction of sp³-hybridized carbons (Fsp3) is 0.579. The van der Waals surface area contributed by atoms with Crippen LogP contribution in [-0.2, 0) is 20.8 Å². The lowest BCUT2D eigenvalue weighted by atomic mass is 10.1. The topological polar surface area (TPSA) is 62.3 Å². The molecule has 2 aliphatic rings. The van der Waals surface area contributed by atoms with Crippen molar-refractivity contribution in [3.63, 3.8) is 0 Å². The first-order chi connectivity index (χ1) is 12.7. The molecule has 2 fully saturated rings. The summed E-state index contributed by atoms with van der Waals surface area (Å²) >= 11 is 0. The molecule has 26 heavy (non-hydrogen) atoms. The van der Waals surface area contributed by atoms with Gasteiger partial charge in [0.15, 0.2) is 0 Å². The first-order valence-electron chi connectivity index (χ1n) is 9.13. The van der Waals surface area contributed by atoms with Crippen LogP contribution < -0.4 is 0 Å². The molecule has 2 aliphatic heterocycles. The molecule has 3 rings (SSSR count). The van der Waals surface area contributed by atoms with Crippen molar-refractivity contribution in [1.29, 1.82) is 0 Å². The molecule has 7 nitrogen and oxygen atoms in total. The number of carbonyl (C=O) groups excluding carboxylic acids is 2. The van der Waals surface area contributed by atoms with Crippen LogP contribution >= 0.6 is 0 Å². The number of benzene rings is 1. The van der Waals surface area contributed by atoms with Gasteiger partial charge < -0.3 is 14.4 Å². The Bertz CT molecular complexity index is 606. The summed E-state index contributed by atoms with van der Waals surface area (Å²) in [6.45, 7) is 7.71. The maximum atomic E-state index is 12.4. The Labute approximate surface area is 154 Å². The van der Waals surface area contributed by atoms with E-state index in [1.54, 1.807) is 12.1 Å². The zero-order valence-corrected chi connectivity index (χ0v) is 15.4. The highest BCUT2D eigenvalue weighted by atomic mass is 16.5. The van der Waals surface area contributed by atoms with Gasteiger partial charge in [0.1, 0.15) is 0 Å². The highest BCUT2D eigenvalue weighted by Gasteiger charge is 2.23. The minimum absolute atomic E-state index is 0.217. The first kappa shape index (κ1) is 18.8. The van der Waals surface area contributed by atoms with E-state index in [2.05, 4.69) is 9.80 Å². The van der Waals surface area contributed by atoms with Crippen LogP contribution in [0.4, 0.5) is 0 Å². The Morgan fingerprint density at radius 1 is 0.962 bits per heavy atom. The second-order valence-corrected chi connectivity index (χ2v) is 6.73. The largest absolute Gasteiger partial charge is 0.465 e. The van der Waals surface area contributed by atoms with E-state index in [1.165, 1.54) is 7.11 Å². The number of morpholine rings is 1. The number of amides is 1. The van der Waals surface area contributed by atoms with E-state index >= 15 is 0 Å². The van der Waals surface area contributed by atoms with E-state index in [-0.39, 0.29) is 11.9 Å². The number of methoxy groups -OCH3 is 1. The van der Waals surface area contributed by atoms with Crippen LogP contribution in [0.25, 0.3) is 0 Å². The highest BCUT2D eigenvalue weighted by Crippen LogP contribution is 2.11. The molecule has 0 atom stereocenters. The molecule has 142 valence electrons. The first-order valence-corrected chi connectivity index (χ1v) is 9.13. The Morgan fingerprint density at radius 3 is 2.23 bits per heavy atom. The van der Waals surface area contributed by atoms with Crippen molar-refractivity contribution >= 4 is 11.9 Å². The van der Waals surface area contributed by atoms with Crippen LogP contribution in [0.15, 0.2) is 24.3 Å². The van der Waals surface area contributed by atoms with E-state index in [1.807, 2.05) is 17.0 Å². The standard InChI is InChI=1S/C19H27N3O4/c1-25-19(24)17-4-2-16(3-5-17)14-20-6-8-22(9-7-20)18(23)15-21-10-12-26-13-11-21/h2-5H,6-15H2,1H3. The Morgan fingerprint density at radius 2 is 1.62 bits per heavy atom. The van der Waals surface area contributed by atoms with Crippen molar-refractivity contribution in [2.75, 3.05) is 66.1 Å². The fourth-order valence-corrected chi connectivity index (χ4v) is 3.33. The summed E-state index contributed by atoms with van der Waals surface area (Å²) in [4.78, 5) is 30.4. The minimum atomic E-state index is -0.316. The van der Waals surface area contributed by atoms with Gasteiger partial charge in [0.2, 0.25) is 5.91 Å². The summed E-state index contributed by atoms with van der Waals surface area (Å²) in [7, 11) is 1.39. The molecule has 7 heteroatoms. The van der Waals surface area contributed by atoms with Crippen LogP contribution in [0.3, 0.4) is 0 Å². The number of carbonyl (C=O) groups is 2. The van der Waals surface area contributed by atoms with Crippen molar-refractivity contribution in [1.82, 2.24) is 14.7 Å². The average Bonchev–Trinajstić information content (AvgIpc) is 2.69. The molecule has 0 aliphatic carbocycles. The summed E-state index contributed by atoms with van der Waals surface area (Å²) in [6.07, 6.45) is 0. The Hall–Kier alpha value is -1.96. The Balaban J connectivity index is 1.43. The number of piperazine rings is 1. The molecular formula is C19H27N3O4. The van der Waals surface area contributed by atoms with E-state index in [4.69, 9.17) is 9.47 Å². The maximum absolute atomic E-state index is 12.4. The Kier molecular flexibility index (Phi) is 6.60. The van der Waals surface area contributed by atoms with Gasteiger partial charge in [-0.1, -0.05) is 12.1 Å². The summed E-state index contributed by atoms with van der Waals surface area (Å²) in [5, 5.41) is 0. The van der Waals surface area contributed by atoms with Crippen molar-refractivity contribution in [3.8, 4) is 0 Å². The molecule has 0 radical (unpaired) electrons. The van der Waals surface area contributed by atoms with Crippen LogP contribution in [0, 0.1) is 0 Å². The maximum Gasteiger partial charge on any atom is 0.337 e. The molecule has 0 bridgehead atoms. The SMILES string of the molecule is COC(=O)c1ccc(CN2CCN(C(=O)CN3CCOCC3)CC2)cc1. The van der Waals surface area contributed by atoms with Crippen LogP contribution in [0.1, 0.15) is 15.9 Å². The highest BCUT2D eigenvalue weighted by molar-refractivity contribution is 5.89. The van der Waals surface area contributed by atoms with Crippen molar-refractivity contribution in [3.05, 3.63) is 35.4 Å².